The number of aryl methyl sites for hydroxylation is 1. The molecule has 7 heteroatoms. The number of carbonyl (C=O) groups excluding carboxylic acids is 1. The van der Waals surface area contributed by atoms with Crippen molar-refractivity contribution in [3.05, 3.63) is 47.9 Å². The van der Waals surface area contributed by atoms with Gasteiger partial charge in [0.2, 0.25) is 5.95 Å². The molecule has 3 aromatic rings. The molecule has 1 aliphatic rings. The number of rotatable bonds is 4. The Morgan fingerprint density at radius 2 is 1.91 bits per heavy atom. The minimum absolute atomic E-state index is 0.301. The third-order valence-corrected chi connectivity index (χ3v) is 6.41. The highest BCUT2D eigenvalue weighted by molar-refractivity contribution is 5.80. The molecule has 4 rings (SSSR count). The van der Waals surface area contributed by atoms with Gasteiger partial charge in [-0.05, 0) is 71.1 Å². The van der Waals surface area contributed by atoms with Crippen LogP contribution in [0.3, 0.4) is 0 Å². The molecule has 2 aromatic heterocycles. The molecule has 3 heterocycles. The lowest BCUT2D eigenvalue weighted by Gasteiger charge is -2.40. The third kappa shape index (κ3) is 4.82. The maximum atomic E-state index is 12.3. The number of carbonyl (C=O) groups is 1. The molecular formula is C26H35N5O2. The van der Waals surface area contributed by atoms with Gasteiger partial charge in [0.05, 0.1) is 11.2 Å². The quantitative estimate of drug-likeness (QED) is 0.596. The molecule has 0 spiro atoms. The third-order valence-electron chi connectivity index (χ3n) is 6.41. The summed E-state index contributed by atoms with van der Waals surface area (Å²) in [6, 6.07) is 8.44. The van der Waals surface area contributed by atoms with E-state index in [1.54, 1.807) is 0 Å². The second-order valence-electron chi connectivity index (χ2n) is 10.2. The second kappa shape index (κ2) is 8.69. The summed E-state index contributed by atoms with van der Waals surface area (Å²) in [6.45, 7) is 13.6. The first-order valence-electron chi connectivity index (χ1n) is 11.8. The average molecular weight is 450 g/mol. The van der Waals surface area contributed by atoms with Crippen LogP contribution in [0.2, 0.25) is 0 Å². The number of benzene rings is 1. The van der Waals surface area contributed by atoms with E-state index in [-0.39, 0.29) is 11.6 Å². The second-order valence-corrected chi connectivity index (χ2v) is 10.2. The first-order valence-corrected chi connectivity index (χ1v) is 11.8. The Balaban J connectivity index is 1.55. The molecule has 0 atom stereocenters. The van der Waals surface area contributed by atoms with Crippen molar-refractivity contribution in [3.8, 4) is 11.3 Å². The maximum Gasteiger partial charge on any atom is 0.408 e. The summed E-state index contributed by atoms with van der Waals surface area (Å²) in [6.07, 6.45) is 5.97. The number of ether oxygens (including phenoxy) is 1. The maximum absolute atomic E-state index is 12.3. The van der Waals surface area contributed by atoms with E-state index in [2.05, 4.69) is 53.6 Å². The molecule has 0 unspecified atom stereocenters. The Labute approximate surface area is 196 Å². The van der Waals surface area contributed by atoms with Crippen LogP contribution in [0.1, 0.15) is 58.6 Å². The SMILES string of the molecule is CCc1c(C)cccc1-c1ncn2c(N3CCC(C)(NC(=O)OC(C)(C)C)CC3)nccc12. The van der Waals surface area contributed by atoms with E-state index in [1.807, 2.05) is 39.4 Å². The van der Waals surface area contributed by atoms with E-state index in [9.17, 15) is 4.79 Å². The van der Waals surface area contributed by atoms with Crippen molar-refractivity contribution in [2.45, 2.75) is 71.9 Å². The lowest BCUT2D eigenvalue weighted by Crippen LogP contribution is -2.54. The van der Waals surface area contributed by atoms with Gasteiger partial charge in [-0.15, -0.1) is 0 Å². The number of aromatic nitrogens is 3. The van der Waals surface area contributed by atoms with E-state index in [0.717, 1.165) is 49.5 Å². The molecule has 0 radical (unpaired) electrons. The van der Waals surface area contributed by atoms with Gasteiger partial charge < -0.3 is 15.0 Å². The molecule has 7 nitrogen and oxygen atoms in total. The van der Waals surface area contributed by atoms with Crippen molar-refractivity contribution in [2.24, 2.45) is 0 Å². The Hall–Kier alpha value is -3.09. The zero-order valence-electron chi connectivity index (χ0n) is 20.6. The van der Waals surface area contributed by atoms with Crippen LogP contribution < -0.4 is 10.2 Å². The number of hydrogen-bond acceptors (Lipinski definition) is 5. The number of alkyl carbamates (subject to hydrolysis) is 1. The molecule has 0 saturated carbocycles. The summed E-state index contributed by atoms with van der Waals surface area (Å²) in [7, 11) is 0. The minimum atomic E-state index is -0.505. The molecule has 1 fully saturated rings. The van der Waals surface area contributed by atoms with Crippen LogP contribution in [0.5, 0.6) is 0 Å². The highest BCUT2D eigenvalue weighted by Crippen LogP contribution is 2.32. The van der Waals surface area contributed by atoms with Crippen LogP contribution in [-0.4, -0.2) is 44.7 Å². The molecule has 1 aliphatic heterocycles. The number of amides is 1. The van der Waals surface area contributed by atoms with Gasteiger partial charge in [-0.25, -0.2) is 14.8 Å². The van der Waals surface area contributed by atoms with E-state index >= 15 is 0 Å². The normalized spacial score (nSPS) is 16.1. The fraction of sp³-hybridized carbons (Fsp3) is 0.500. The monoisotopic (exact) mass is 449 g/mol. The first-order chi connectivity index (χ1) is 15.6. The number of nitrogens with one attached hydrogen (secondary N) is 1. The number of anilines is 1. The lowest BCUT2D eigenvalue weighted by molar-refractivity contribution is 0.0448. The molecular weight excluding hydrogens is 414 g/mol. The van der Waals surface area contributed by atoms with Crippen LogP contribution in [-0.2, 0) is 11.2 Å². The molecule has 176 valence electrons. The fourth-order valence-electron chi connectivity index (χ4n) is 4.62. The van der Waals surface area contributed by atoms with Crippen LogP contribution in [0.4, 0.5) is 10.7 Å². The van der Waals surface area contributed by atoms with E-state index < -0.39 is 5.60 Å². The van der Waals surface area contributed by atoms with Gasteiger partial charge in [0.15, 0.2) is 0 Å². The predicted octanol–water partition coefficient (Wildman–Crippen LogP) is 5.15. The summed E-state index contributed by atoms with van der Waals surface area (Å²) in [5.74, 6) is 0.885. The van der Waals surface area contributed by atoms with Gasteiger partial charge in [0.25, 0.3) is 0 Å². The van der Waals surface area contributed by atoms with Gasteiger partial charge in [0, 0.05) is 30.4 Å². The highest BCUT2D eigenvalue weighted by atomic mass is 16.6. The fourth-order valence-corrected chi connectivity index (χ4v) is 4.62. The zero-order valence-corrected chi connectivity index (χ0v) is 20.6. The summed E-state index contributed by atoms with van der Waals surface area (Å²) < 4.78 is 7.54. The Morgan fingerprint density at radius 3 is 2.58 bits per heavy atom. The topological polar surface area (TPSA) is 71.8 Å². The van der Waals surface area contributed by atoms with Crippen LogP contribution in [0, 0.1) is 6.92 Å². The zero-order chi connectivity index (χ0) is 23.8. The van der Waals surface area contributed by atoms with Gasteiger partial charge in [-0.2, -0.15) is 0 Å². The Morgan fingerprint density at radius 1 is 1.18 bits per heavy atom. The van der Waals surface area contributed by atoms with Crippen molar-refractivity contribution in [1.82, 2.24) is 19.7 Å². The molecule has 33 heavy (non-hydrogen) atoms. The largest absolute Gasteiger partial charge is 0.444 e. The average Bonchev–Trinajstić information content (AvgIpc) is 3.16. The van der Waals surface area contributed by atoms with Gasteiger partial charge in [-0.1, -0.05) is 25.1 Å². The standard InChI is InChI=1S/C26H35N5O2/c1-7-19-18(2)9-8-10-20(19)22-21-11-14-27-23(31(21)17-28-22)30-15-12-26(6,13-16-30)29-24(32)33-25(3,4)5/h8-11,14,17H,7,12-13,15-16H2,1-6H3,(H,29,32). The molecule has 1 aromatic carbocycles. The Kier molecular flexibility index (Phi) is 6.08. The van der Waals surface area contributed by atoms with E-state index in [0.29, 0.717) is 0 Å². The molecule has 1 saturated heterocycles. The summed E-state index contributed by atoms with van der Waals surface area (Å²) in [5, 5.41) is 3.08. The van der Waals surface area contributed by atoms with Crippen molar-refractivity contribution in [2.75, 3.05) is 18.0 Å². The van der Waals surface area contributed by atoms with Crippen molar-refractivity contribution >= 4 is 17.6 Å². The predicted molar refractivity (Wildman–Crippen MR) is 132 cm³/mol. The van der Waals surface area contributed by atoms with Gasteiger partial charge in [0.1, 0.15) is 11.9 Å². The van der Waals surface area contributed by atoms with Crippen LogP contribution in [0.15, 0.2) is 36.8 Å². The summed E-state index contributed by atoms with van der Waals surface area (Å²) in [4.78, 5) is 24.1. The highest BCUT2D eigenvalue weighted by Gasteiger charge is 2.34. The number of imidazole rings is 1. The van der Waals surface area contributed by atoms with Gasteiger partial charge >= 0.3 is 6.09 Å². The molecule has 1 N–H and O–H groups in total. The molecule has 1 amide bonds. The first kappa shape index (κ1) is 23.1. The van der Waals surface area contributed by atoms with E-state index in [1.165, 1.54) is 16.7 Å². The lowest BCUT2D eigenvalue weighted by atomic mass is 9.90. The number of hydrogen-bond donors (Lipinski definition) is 1. The smallest absolute Gasteiger partial charge is 0.408 e. The van der Waals surface area contributed by atoms with E-state index in [4.69, 9.17) is 14.7 Å². The van der Waals surface area contributed by atoms with Gasteiger partial charge in [-0.3, -0.25) is 4.40 Å². The van der Waals surface area contributed by atoms with Crippen molar-refractivity contribution in [3.63, 3.8) is 0 Å². The van der Waals surface area contributed by atoms with Crippen LogP contribution >= 0.6 is 0 Å². The molecule has 0 aliphatic carbocycles. The Bertz CT molecular complexity index is 1150. The number of piperidine rings is 1. The summed E-state index contributed by atoms with van der Waals surface area (Å²) in [5.41, 5.74) is 5.05. The summed E-state index contributed by atoms with van der Waals surface area (Å²) >= 11 is 0. The minimum Gasteiger partial charge on any atom is -0.444 e. The number of fused-ring (bicyclic) bond motifs is 1. The van der Waals surface area contributed by atoms with Crippen LogP contribution in [0.25, 0.3) is 16.8 Å². The number of nitrogens with zero attached hydrogens (tertiary/aromatic N) is 4. The molecule has 0 bridgehead atoms. The van der Waals surface area contributed by atoms with Crippen molar-refractivity contribution in [1.29, 1.82) is 0 Å². The van der Waals surface area contributed by atoms with Crippen molar-refractivity contribution < 1.29 is 9.53 Å².